The molecular formula is C13H14O6. The van der Waals surface area contributed by atoms with Crippen molar-refractivity contribution in [2.24, 2.45) is 0 Å². The minimum Gasteiger partial charge on any atom is -0.499 e. The summed E-state index contributed by atoms with van der Waals surface area (Å²) in [6, 6.07) is 9.12. The Morgan fingerprint density at radius 3 is 2.63 bits per heavy atom. The van der Waals surface area contributed by atoms with Gasteiger partial charge in [-0.1, -0.05) is 30.3 Å². The molecule has 102 valence electrons. The lowest BCUT2D eigenvalue weighted by Crippen LogP contribution is -2.32. The lowest BCUT2D eigenvalue weighted by atomic mass is 10.2. The number of rotatable bonds is 5. The number of hydrogen-bond acceptors (Lipinski definition) is 6. The van der Waals surface area contributed by atoms with Gasteiger partial charge in [0.05, 0.1) is 6.61 Å². The van der Waals surface area contributed by atoms with Crippen molar-refractivity contribution in [1.82, 2.24) is 0 Å². The van der Waals surface area contributed by atoms with Crippen LogP contribution in [0.1, 0.15) is 5.56 Å². The predicted octanol–water partition coefficient (Wildman–Crippen LogP) is 0.251. The van der Waals surface area contributed by atoms with E-state index in [0.717, 1.165) is 5.56 Å². The van der Waals surface area contributed by atoms with Crippen molar-refractivity contribution in [3.05, 3.63) is 47.4 Å². The summed E-state index contributed by atoms with van der Waals surface area (Å²) >= 11 is 0. The van der Waals surface area contributed by atoms with Gasteiger partial charge in [-0.05, 0) is 5.56 Å². The van der Waals surface area contributed by atoms with Crippen LogP contribution in [0.25, 0.3) is 0 Å². The Morgan fingerprint density at radius 1 is 1.32 bits per heavy atom. The van der Waals surface area contributed by atoms with Crippen LogP contribution >= 0.6 is 0 Å². The number of aliphatic hydroxyl groups excluding tert-OH is 3. The molecule has 6 heteroatoms. The van der Waals surface area contributed by atoms with Crippen LogP contribution in [0.3, 0.4) is 0 Å². The fourth-order valence-electron chi connectivity index (χ4n) is 1.69. The van der Waals surface area contributed by atoms with Crippen LogP contribution < -0.4 is 0 Å². The van der Waals surface area contributed by atoms with E-state index in [1.807, 2.05) is 30.3 Å². The Morgan fingerprint density at radius 2 is 2.00 bits per heavy atom. The van der Waals surface area contributed by atoms with Gasteiger partial charge in [0.1, 0.15) is 12.7 Å². The highest BCUT2D eigenvalue weighted by atomic mass is 16.6. The number of carbonyl (C=O) groups is 1. The smallest absolute Gasteiger partial charge is 0.378 e. The summed E-state index contributed by atoms with van der Waals surface area (Å²) in [5.41, 5.74) is 0.833. The highest BCUT2D eigenvalue weighted by Crippen LogP contribution is 2.25. The topological polar surface area (TPSA) is 96.2 Å². The molecule has 0 aliphatic carbocycles. The minimum absolute atomic E-state index is 0.117. The minimum atomic E-state index is -1.33. The summed E-state index contributed by atoms with van der Waals surface area (Å²) < 4.78 is 10.0. The second-order valence-electron chi connectivity index (χ2n) is 4.06. The van der Waals surface area contributed by atoms with Crippen LogP contribution in [0.4, 0.5) is 0 Å². The predicted molar refractivity (Wildman–Crippen MR) is 63.9 cm³/mol. The molecule has 0 saturated carbocycles. The molecule has 2 atom stereocenters. The summed E-state index contributed by atoms with van der Waals surface area (Å²) in [5, 5.41) is 27.9. The zero-order valence-electron chi connectivity index (χ0n) is 10.0. The fourth-order valence-corrected chi connectivity index (χ4v) is 1.69. The molecule has 19 heavy (non-hydrogen) atoms. The van der Waals surface area contributed by atoms with E-state index >= 15 is 0 Å². The average Bonchev–Trinajstić information content (AvgIpc) is 2.73. The first kappa shape index (κ1) is 13.4. The Bertz CT molecular complexity index is 481. The van der Waals surface area contributed by atoms with E-state index < -0.39 is 30.5 Å². The van der Waals surface area contributed by atoms with Gasteiger partial charge >= 0.3 is 5.97 Å². The Balaban J connectivity index is 2.09. The molecule has 6 nitrogen and oxygen atoms in total. The Kier molecular flexibility index (Phi) is 4.03. The summed E-state index contributed by atoms with van der Waals surface area (Å²) in [4.78, 5) is 11.2. The highest BCUT2D eigenvalue weighted by Gasteiger charge is 2.40. The van der Waals surface area contributed by atoms with Gasteiger partial charge in [0.25, 0.3) is 0 Å². The first-order valence-corrected chi connectivity index (χ1v) is 5.73. The van der Waals surface area contributed by atoms with Gasteiger partial charge in [-0.15, -0.1) is 0 Å². The summed E-state index contributed by atoms with van der Waals surface area (Å²) in [6.07, 6.45) is -2.51. The Labute approximate surface area is 109 Å². The van der Waals surface area contributed by atoms with Crippen molar-refractivity contribution in [3.8, 4) is 0 Å². The number of benzene rings is 1. The molecule has 1 aliphatic rings. The van der Waals surface area contributed by atoms with Gasteiger partial charge < -0.3 is 24.8 Å². The molecule has 0 saturated heterocycles. The van der Waals surface area contributed by atoms with E-state index in [4.69, 9.17) is 14.6 Å². The molecule has 0 amide bonds. The monoisotopic (exact) mass is 266 g/mol. The van der Waals surface area contributed by atoms with Gasteiger partial charge in [-0.2, -0.15) is 0 Å². The van der Waals surface area contributed by atoms with Gasteiger partial charge in [0.2, 0.25) is 5.76 Å². The standard InChI is InChI=1S/C13H14O6/c14-6-9(15)11-12(10(16)13(17)19-11)18-7-8-4-2-1-3-5-8/h1-5,9,11,14-16H,6-7H2. The molecule has 1 aromatic carbocycles. The van der Waals surface area contributed by atoms with E-state index in [0.29, 0.717) is 0 Å². The molecule has 2 unspecified atom stereocenters. The zero-order valence-corrected chi connectivity index (χ0v) is 10.0. The van der Waals surface area contributed by atoms with E-state index in [2.05, 4.69) is 0 Å². The Hall–Kier alpha value is -2.05. The second kappa shape index (κ2) is 5.73. The third kappa shape index (κ3) is 2.86. The first-order chi connectivity index (χ1) is 9.13. The number of aliphatic hydroxyl groups is 3. The van der Waals surface area contributed by atoms with Crippen molar-refractivity contribution in [2.75, 3.05) is 6.61 Å². The number of hydrogen-bond donors (Lipinski definition) is 3. The van der Waals surface area contributed by atoms with Crippen molar-refractivity contribution in [2.45, 2.75) is 18.8 Å². The third-order valence-corrected chi connectivity index (χ3v) is 2.69. The SMILES string of the molecule is O=C1OC(C(O)CO)C(OCc2ccccc2)=C1O. The number of esters is 1. The molecule has 2 rings (SSSR count). The lowest BCUT2D eigenvalue weighted by molar-refractivity contribution is -0.148. The van der Waals surface area contributed by atoms with Gasteiger partial charge in [0, 0.05) is 0 Å². The van der Waals surface area contributed by atoms with Crippen molar-refractivity contribution >= 4 is 5.97 Å². The molecule has 1 heterocycles. The van der Waals surface area contributed by atoms with Crippen LogP contribution in [-0.4, -0.2) is 40.1 Å². The van der Waals surface area contributed by atoms with E-state index in [9.17, 15) is 15.0 Å². The third-order valence-electron chi connectivity index (χ3n) is 2.69. The van der Waals surface area contributed by atoms with Gasteiger partial charge in [-0.3, -0.25) is 0 Å². The molecule has 0 radical (unpaired) electrons. The molecule has 3 N–H and O–H groups in total. The van der Waals surface area contributed by atoms with Crippen molar-refractivity contribution in [3.63, 3.8) is 0 Å². The van der Waals surface area contributed by atoms with Crippen LogP contribution in [0.15, 0.2) is 41.9 Å². The van der Waals surface area contributed by atoms with Crippen LogP contribution in [0, 0.1) is 0 Å². The molecule has 1 aliphatic heterocycles. The summed E-state index contributed by atoms with van der Waals surface area (Å²) in [5.74, 6) is -1.80. The summed E-state index contributed by atoms with van der Waals surface area (Å²) in [6.45, 7) is -0.491. The normalized spacial score (nSPS) is 20.3. The van der Waals surface area contributed by atoms with Crippen LogP contribution in [0.5, 0.6) is 0 Å². The van der Waals surface area contributed by atoms with E-state index in [1.54, 1.807) is 0 Å². The lowest BCUT2D eigenvalue weighted by Gasteiger charge is -2.18. The molecule has 0 bridgehead atoms. The van der Waals surface area contributed by atoms with E-state index in [1.165, 1.54) is 0 Å². The molecule has 0 aromatic heterocycles. The maximum atomic E-state index is 11.2. The van der Waals surface area contributed by atoms with Crippen LogP contribution in [-0.2, 0) is 20.9 Å². The number of cyclic esters (lactones) is 1. The van der Waals surface area contributed by atoms with E-state index in [-0.39, 0.29) is 12.4 Å². The maximum absolute atomic E-state index is 11.2. The molecule has 1 aromatic rings. The quantitative estimate of drug-likeness (QED) is 0.661. The highest BCUT2D eigenvalue weighted by molar-refractivity contribution is 5.89. The average molecular weight is 266 g/mol. The molecular weight excluding hydrogens is 252 g/mol. The fraction of sp³-hybridized carbons (Fsp3) is 0.308. The van der Waals surface area contributed by atoms with Crippen molar-refractivity contribution in [1.29, 1.82) is 0 Å². The zero-order chi connectivity index (χ0) is 13.8. The maximum Gasteiger partial charge on any atom is 0.378 e. The number of ether oxygens (including phenoxy) is 2. The van der Waals surface area contributed by atoms with Gasteiger partial charge in [0.15, 0.2) is 11.9 Å². The largest absolute Gasteiger partial charge is 0.499 e. The second-order valence-corrected chi connectivity index (χ2v) is 4.06. The van der Waals surface area contributed by atoms with Crippen molar-refractivity contribution < 1.29 is 29.6 Å². The first-order valence-electron chi connectivity index (χ1n) is 5.73. The molecule has 0 fully saturated rings. The number of carbonyl (C=O) groups excluding carboxylic acids is 1. The molecule has 0 spiro atoms. The van der Waals surface area contributed by atoms with Gasteiger partial charge in [-0.25, -0.2) is 4.79 Å². The van der Waals surface area contributed by atoms with Crippen LogP contribution in [0.2, 0.25) is 0 Å². The summed E-state index contributed by atoms with van der Waals surface area (Å²) in [7, 11) is 0.